The normalized spacial score (nSPS) is 10.5. The SMILES string of the molecule is CC(=O)c1ccc(-c2ccc(C(=O)NCc3cccnc3)c(NCc3cccnc3)n2)s1. The highest BCUT2D eigenvalue weighted by Crippen LogP contribution is 2.29. The molecule has 4 aromatic rings. The maximum Gasteiger partial charge on any atom is 0.255 e. The summed E-state index contributed by atoms with van der Waals surface area (Å²) in [4.78, 5) is 39.0. The third-order valence-electron chi connectivity index (χ3n) is 4.70. The molecule has 0 spiro atoms. The summed E-state index contributed by atoms with van der Waals surface area (Å²) in [6, 6.07) is 14.7. The minimum absolute atomic E-state index is 0.0163. The number of nitrogens with one attached hydrogen (secondary N) is 2. The van der Waals surface area contributed by atoms with E-state index in [1.807, 2.05) is 30.3 Å². The second kappa shape index (κ2) is 9.93. The summed E-state index contributed by atoms with van der Waals surface area (Å²) in [5, 5.41) is 6.18. The Balaban J connectivity index is 1.59. The molecule has 2 N–H and O–H groups in total. The van der Waals surface area contributed by atoms with Crippen LogP contribution in [0.1, 0.15) is 38.1 Å². The van der Waals surface area contributed by atoms with Gasteiger partial charge in [-0.05, 0) is 54.4 Å². The molecule has 0 aromatic carbocycles. The standard InChI is InChI=1S/C24H21N5O2S/c1-16(30)21-8-9-22(32-21)20-7-6-19(24(31)28-15-18-5-3-11-26-13-18)23(29-20)27-14-17-4-2-10-25-12-17/h2-13H,14-15H2,1H3,(H,27,29)(H,28,31). The van der Waals surface area contributed by atoms with Crippen LogP contribution in [0.2, 0.25) is 0 Å². The smallest absolute Gasteiger partial charge is 0.255 e. The highest BCUT2D eigenvalue weighted by atomic mass is 32.1. The van der Waals surface area contributed by atoms with Gasteiger partial charge in [0.1, 0.15) is 5.82 Å². The largest absolute Gasteiger partial charge is 0.365 e. The van der Waals surface area contributed by atoms with Crippen LogP contribution in [0.5, 0.6) is 0 Å². The van der Waals surface area contributed by atoms with E-state index in [1.165, 1.54) is 11.3 Å². The van der Waals surface area contributed by atoms with Gasteiger partial charge in [-0.3, -0.25) is 19.6 Å². The molecule has 0 saturated heterocycles. The van der Waals surface area contributed by atoms with Gasteiger partial charge in [0.05, 0.1) is 21.0 Å². The van der Waals surface area contributed by atoms with Crippen LogP contribution in [-0.2, 0) is 13.1 Å². The lowest BCUT2D eigenvalue weighted by Gasteiger charge is -2.13. The molecule has 4 heterocycles. The van der Waals surface area contributed by atoms with E-state index < -0.39 is 0 Å². The van der Waals surface area contributed by atoms with Crippen molar-refractivity contribution in [3.05, 3.63) is 94.9 Å². The van der Waals surface area contributed by atoms with E-state index >= 15 is 0 Å². The Morgan fingerprint density at radius 3 is 2.25 bits per heavy atom. The van der Waals surface area contributed by atoms with Crippen LogP contribution >= 0.6 is 11.3 Å². The predicted molar refractivity (Wildman–Crippen MR) is 125 cm³/mol. The van der Waals surface area contributed by atoms with E-state index in [0.29, 0.717) is 35.0 Å². The van der Waals surface area contributed by atoms with Crippen molar-refractivity contribution in [3.63, 3.8) is 0 Å². The maximum absolute atomic E-state index is 12.9. The van der Waals surface area contributed by atoms with Gasteiger partial charge < -0.3 is 10.6 Å². The number of Topliss-reactive ketones (excluding diaryl/α,β-unsaturated/α-hetero) is 1. The molecular formula is C24H21N5O2S. The zero-order valence-corrected chi connectivity index (χ0v) is 18.2. The van der Waals surface area contributed by atoms with Gasteiger partial charge in [0.15, 0.2) is 5.78 Å². The lowest BCUT2D eigenvalue weighted by Crippen LogP contribution is -2.24. The van der Waals surface area contributed by atoms with Crippen molar-refractivity contribution in [2.24, 2.45) is 0 Å². The number of carbonyl (C=O) groups is 2. The summed E-state index contributed by atoms with van der Waals surface area (Å²) >= 11 is 1.38. The Kier molecular flexibility index (Phi) is 6.62. The summed E-state index contributed by atoms with van der Waals surface area (Å²) in [6.07, 6.45) is 6.88. The summed E-state index contributed by atoms with van der Waals surface area (Å²) in [5.74, 6) is 0.243. The van der Waals surface area contributed by atoms with Crippen LogP contribution in [0.25, 0.3) is 10.6 Å². The van der Waals surface area contributed by atoms with Crippen LogP contribution in [0.3, 0.4) is 0 Å². The van der Waals surface area contributed by atoms with Gasteiger partial charge in [-0.2, -0.15) is 0 Å². The van der Waals surface area contributed by atoms with Crippen molar-refractivity contribution in [2.75, 3.05) is 5.32 Å². The Labute approximate surface area is 189 Å². The number of nitrogens with zero attached hydrogens (tertiary/aromatic N) is 3. The minimum atomic E-state index is -0.239. The molecule has 0 aliphatic heterocycles. The summed E-state index contributed by atoms with van der Waals surface area (Å²) in [7, 11) is 0. The molecule has 0 bridgehead atoms. The van der Waals surface area contributed by atoms with E-state index in [0.717, 1.165) is 16.0 Å². The molecule has 0 aliphatic rings. The molecule has 7 nitrogen and oxygen atoms in total. The first-order chi connectivity index (χ1) is 15.6. The average Bonchev–Trinajstić information content (AvgIpc) is 3.33. The first kappa shape index (κ1) is 21.3. The predicted octanol–water partition coefficient (Wildman–Crippen LogP) is 4.34. The third-order valence-corrected chi connectivity index (χ3v) is 5.91. The zero-order valence-electron chi connectivity index (χ0n) is 17.4. The monoisotopic (exact) mass is 443 g/mol. The fourth-order valence-corrected chi connectivity index (χ4v) is 3.92. The fraction of sp³-hybridized carbons (Fsp3) is 0.125. The van der Waals surface area contributed by atoms with Crippen LogP contribution in [-0.4, -0.2) is 26.6 Å². The number of anilines is 1. The zero-order chi connectivity index (χ0) is 22.3. The number of carbonyl (C=O) groups excluding carboxylic acids is 2. The number of aromatic nitrogens is 3. The second-order valence-corrected chi connectivity index (χ2v) is 8.16. The highest BCUT2D eigenvalue weighted by Gasteiger charge is 2.16. The molecule has 32 heavy (non-hydrogen) atoms. The maximum atomic E-state index is 12.9. The second-order valence-electron chi connectivity index (χ2n) is 7.07. The van der Waals surface area contributed by atoms with Crippen molar-refractivity contribution in [3.8, 4) is 10.6 Å². The van der Waals surface area contributed by atoms with E-state index in [1.54, 1.807) is 49.9 Å². The number of hydrogen-bond donors (Lipinski definition) is 2. The van der Waals surface area contributed by atoms with E-state index in [9.17, 15) is 9.59 Å². The molecule has 160 valence electrons. The van der Waals surface area contributed by atoms with E-state index in [2.05, 4.69) is 20.6 Å². The van der Waals surface area contributed by atoms with Gasteiger partial charge in [-0.15, -0.1) is 11.3 Å². The lowest BCUT2D eigenvalue weighted by atomic mass is 10.2. The molecule has 1 amide bonds. The van der Waals surface area contributed by atoms with Gasteiger partial charge in [0.2, 0.25) is 0 Å². The van der Waals surface area contributed by atoms with Crippen LogP contribution in [0.4, 0.5) is 5.82 Å². The fourth-order valence-electron chi connectivity index (χ4n) is 3.05. The Morgan fingerprint density at radius 2 is 1.62 bits per heavy atom. The van der Waals surface area contributed by atoms with Crippen molar-refractivity contribution >= 4 is 28.8 Å². The summed E-state index contributed by atoms with van der Waals surface area (Å²) in [5.41, 5.74) is 3.01. The number of thiophene rings is 1. The number of ketones is 1. The molecular weight excluding hydrogens is 422 g/mol. The first-order valence-electron chi connectivity index (χ1n) is 10.0. The Morgan fingerprint density at radius 1 is 0.906 bits per heavy atom. The number of hydrogen-bond acceptors (Lipinski definition) is 7. The van der Waals surface area contributed by atoms with Crippen LogP contribution in [0.15, 0.2) is 73.3 Å². The molecule has 0 fully saturated rings. The third kappa shape index (κ3) is 5.22. The Bertz CT molecular complexity index is 1230. The van der Waals surface area contributed by atoms with Crippen LogP contribution in [0, 0.1) is 0 Å². The molecule has 0 radical (unpaired) electrons. The van der Waals surface area contributed by atoms with Gasteiger partial charge >= 0.3 is 0 Å². The Hall–Kier alpha value is -3.91. The van der Waals surface area contributed by atoms with Crippen molar-refractivity contribution in [2.45, 2.75) is 20.0 Å². The molecule has 0 saturated carbocycles. The molecule has 4 aromatic heterocycles. The molecule has 4 rings (SSSR count). The van der Waals surface area contributed by atoms with Gasteiger partial charge in [-0.1, -0.05) is 12.1 Å². The molecule has 0 aliphatic carbocycles. The van der Waals surface area contributed by atoms with Gasteiger partial charge in [0.25, 0.3) is 5.91 Å². The topological polar surface area (TPSA) is 96.9 Å². The average molecular weight is 444 g/mol. The molecule has 0 atom stereocenters. The number of rotatable bonds is 8. The highest BCUT2D eigenvalue weighted by molar-refractivity contribution is 7.17. The van der Waals surface area contributed by atoms with Crippen LogP contribution < -0.4 is 10.6 Å². The number of pyridine rings is 3. The van der Waals surface area contributed by atoms with E-state index in [-0.39, 0.29) is 11.7 Å². The van der Waals surface area contributed by atoms with Crippen molar-refractivity contribution < 1.29 is 9.59 Å². The lowest BCUT2D eigenvalue weighted by molar-refractivity contribution is 0.0950. The van der Waals surface area contributed by atoms with Crippen molar-refractivity contribution in [1.82, 2.24) is 20.3 Å². The molecule has 8 heteroatoms. The summed E-state index contributed by atoms with van der Waals surface area (Å²) in [6.45, 7) is 2.37. The van der Waals surface area contributed by atoms with Gasteiger partial charge in [0, 0.05) is 37.9 Å². The van der Waals surface area contributed by atoms with E-state index in [4.69, 9.17) is 4.98 Å². The number of amides is 1. The first-order valence-corrected chi connectivity index (χ1v) is 10.8. The van der Waals surface area contributed by atoms with Gasteiger partial charge in [-0.25, -0.2) is 4.98 Å². The quantitative estimate of drug-likeness (QED) is 0.393. The minimum Gasteiger partial charge on any atom is -0.365 e. The molecule has 0 unspecified atom stereocenters. The summed E-state index contributed by atoms with van der Waals surface area (Å²) < 4.78 is 0. The van der Waals surface area contributed by atoms with Crippen molar-refractivity contribution in [1.29, 1.82) is 0 Å².